The minimum absolute atomic E-state index is 0.372. The van der Waals surface area contributed by atoms with E-state index in [0.29, 0.717) is 67.6 Å². The van der Waals surface area contributed by atoms with E-state index in [1.54, 1.807) is 18.5 Å². The number of carbonyl (C=O) groups is 4. The molecule has 556 valence electrons. The summed E-state index contributed by atoms with van der Waals surface area (Å²) < 4.78 is 39.8. The number of carboxylic acid groups (broad SMARTS) is 1. The average Bonchev–Trinajstić information content (AvgIpc) is 1.66. The fourth-order valence-corrected chi connectivity index (χ4v) is 13.2. The van der Waals surface area contributed by atoms with E-state index in [9.17, 15) is 24.3 Å². The van der Waals surface area contributed by atoms with E-state index in [2.05, 4.69) is 29.4 Å². The van der Waals surface area contributed by atoms with E-state index in [0.717, 1.165) is 106 Å². The Morgan fingerprint density at radius 1 is 0.495 bits per heavy atom. The monoisotopic (exact) mass is 1490 g/mol. The summed E-state index contributed by atoms with van der Waals surface area (Å²) in [5.74, 6) is -2.02. The highest BCUT2D eigenvalue weighted by Gasteiger charge is 2.38. The van der Waals surface area contributed by atoms with Crippen LogP contribution in [0.15, 0.2) is 97.3 Å². The second-order valence-electron chi connectivity index (χ2n) is 30.1. The van der Waals surface area contributed by atoms with E-state index < -0.39 is 64.7 Å². The smallest absolute Gasteiger partial charge is 0.435 e. The largest absolute Gasteiger partial charge is 0.479 e. The minimum atomic E-state index is -1.18. The van der Waals surface area contributed by atoms with Gasteiger partial charge in [0, 0.05) is 111 Å². The molecule has 0 saturated carbocycles. The Morgan fingerprint density at radius 3 is 1.27 bits per heavy atom. The van der Waals surface area contributed by atoms with Gasteiger partial charge in [-0.15, -0.1) is 0 Å². The average molecular weight is 1490 g/mol. The number of nitrogens with zero attached hydrogens (tertiary/aromatic N) is 8. The minimum Gasteiger partial charge on any atom is -0.479 e. The number of esters is 2. The van der Waals surface area contributed by atoms with Crippen LogP contribution in [0.4, 0.5) is 4.79 Å². The number of aromatic nitrogens is 10. The van der Waals surface area contributed by atoms with Gasteiger partial charge in [0.05, 0.1) is 55.5 Å². The summed E-state index contributed by atoms with van der Waals surface area (Å²) in [5, 5.41) is 26.4. The molecule has 11 rings (SSSR count). The molecule has 0 fully saturated rings. The number of H-pyrrole nitrogens is 2. The Balaban J connectivity index is 0.000000186. The van der Waals surface area contributed by atoms with E-state index in [-0.39, 0.29) is 0 Å². The predicted octanol–water partition coefficient (Wildman–Crippen LogP) is 19.2. The topological polar surface area (TPSA) is 255 Å². The third kappa shape index (κ3) is 18.0. The van der Waals surface area contributed by atoms with Crippen molar-refractivity contribution in [3.63, 3.8) is 0 Å². The summed E-state index contributed by atoms with van der Waals surface area (Å²) in [7, 11) is 2.73. The Hall–Kier alpha value is -9.22. The van der Waals surface area contributed by atoms with Crippen molar-refractivity contribution in [2.75, 3.05) is 14.2 Å². The zero-order valence-electron chi connectivity index (χ0n) is 64.1. The third-order valence-electron chi connectivity index (χ3n) is 17.7. The Kier molecular flexibility index (Phi) is 23.9. The molecule has 0 bridgehead atoms. The number of carboxylic acids is 1. The molecule has 3 aromatic carbocycles. The third-order valence-corrected chi connectivity index (χ3v) is 18.5. The van der Waals surface area contributed by atoms with Crippen molar-refractivity contribution < 1.29 is 52.7 Å². The molecule has 0 unspecified atom stereocenters. The Labute approximate surface area is 628 Å². The normalized spacial score (nSPS) is 12.9. The Morgan fingerprint density at radius 2 is 0.886 bits per heavy atom. The zero-order chi connectivity index (χ0) is 77.4. The van der Waals surface area contributed by atoms with Crippen LogP contribution in [0.2, 0.25) is 15.1 Å². The number of hydrogen-bond acceptors (Lipinski definition) is 15. The van der Waals surface area contributed by atoms with Crippen molar-refractivity contribution in [3.8, 4) is 33.4 Å². The van der Waals surface area contributed by atoms with Gasteiger partial charge in [-0.25, -0.2) is 34.1 Å². The number of rotatable bonds is 16. The van der Waals surface area contributed by atoms with Gasteiger partial charge in [0.1, 0.15) is 22.5 Å². The van der Waals surface area contributed by atoms with E-state index in [1.165, 1.54) is 18.9 Å². The molecule has 0 spiro atoms. The highest BCUT2D eigenvalue weighted by atomic mass is 35.5. The zero-order valence-corrected chi connectivity index (χ0v) is 66.4. The fourth-order valence-electron chi connectivity index (χ4n) is 12.8. The lowest BCUT2D eigenvalue weighted by Gasteiger charge is -2.28. The number of methoxy groups -OCH3 is 2. The van der Waals surface area contributed by atoms with Crippen molar-refractivity contribution in [2.45, 2.75) is 199 Å². The molecule has 0 aliphatic heterocycles. The molecular weight excluding hydrogens is 1400 g/mol. The first kappa shape index (κ1) is 79.9. The number of halogens is 3. The lowest BCUT2D eigenvalue weighted by molar-refractivity contribution is -0.164. The summed E-state index contributed by atoms with van der Waals surface area (Å²) in [6, 6.07) is 26.3. The number of aliphatic carboxylic acids is 1. The van der Waals surface area contributed by atoms with Gasteiger partial charge in [0.15, 0.2) is 18.3 Å². The van der Waals surface area contributed by atoms with E-state index in [1.807, 2.05) is 224 Å². The van der Waals surface area contributed by atoms with Crippen molar-refractivity contribution in [3.05, 3.63) is 191 Å². The highest BCUT2D eigenvalue weighted by Crippen LogP contribution is 2.46. The lowest BCUT2D eigenvalue weighted by Crippen LogP contribution is -2.29. The number of pyridine rings is 3. The maximum atomic E-state index is 13.2. The van der Waals surface area contributed by atoms with Gasteiger partial charge < -0.3 is 47.6 Å². The number of aryl methyl sites for hydroxylation is 7. The number of carbonyl (C=O) groups excluding carboxylic acids is 3. The molecule has 105 heavy (non-hydrogen) atoms. The van der Waals surface area contributed by atoms with Crippen LogP contribution in [0.1, 0.15) is 180 Å². The maximum Gasteiger partial charge on any atom is 0.435 e. The fraction of sp³-hybridized carbons (Fsp3) is 0.395. The molecule has 21 nitrogen and oxygen atoms in total. The molecule has 11 aromatic rings. The van der Waals surface area contributed by atoms with Gasteiger partial charge in [-0.3, -0.25) is 5.10 Å². The molecule has 0 aliphatic rings. The van der Waals surface area contributed by atoms with Crippen molar-refractivity contribution in [1.29, 1.82) is 0 Å². The molecular formula is C81H95Cl3N10O11. The molecule has 0 aliphatic carbocycles. The summed E-state index contributed by atoms with van der Waals surface area (Å²) in [6.45, 7) is 41.2. The molecule has 0 amide bonds. The SMILES string of the molecule is COC(=O)[C@@H](OC(C)(C)C)c1c(C)nc2[nH]c(C)c(C)c2c1-c1ccc(Cl)cc1.COC(=O)[C@@H](OC(C)(C)C)c1c(C)nc2c(c(C)c(C)n2Cc2ccn(C(=O)OC(C)(C)C)n2)c1-c1ccc(Cl)cc1.Cc1nc2c(c(C)c(C)n2Cc2ccn[nH]2)c(-c2ccc(Cl)cc2)c1[C@H](OC(C)(C)C)C(=O)O. The molecule has 3 atom stereocenters. The number of ether oxygens (including phenoxy) is 6. The van der Waals surface area contributed by atoms with Gasteiger partial charge in [0.2, 0.25) is 0 Å². The van der Waals surface area contributed by atoms with Gasteiger partial charge >= 0.3 is 24.0 Å². The molecule has 0 saturated heterocycles. The van der Waals surface area contributed by atoms with Crippen LogP contribution in [-0.4, -0.2) is 115 Å². The second-order valence-corrected chi connectivity index (χ2v) is 31.4. The van der Waals surface area contributed by atoms with Crippen molar-refractivity contribution in [1.82, 2.24) is 49.0 Å². The number of nitrogens with one attached hydrogen (secondary N) is 2. The van der Waals surface area contributed by atoms with E-state index >= 15 is 0 Å². The number of hydrogen-bond donors (Lipinski definition) is 3. The van der Waals surface area contributed by atoms with Gasteiger partial charge in [-0.05, 0) is 227 Å². The van der Waals surface area contributed by atoms with Crippen LogP contribution in [0.3, 0.4) is 0 Å². The lowest BCUT2D eigenvalue weighted by atomic mass is 9.91. The Bertz CT molecular complexity index is 5040. The predicted molar refractivity (Wildman–Crippen MR) is 413 cm³/mol. The van der Waals surface area contributed by atoms with E-state index in [4.69, 9.17) is 78.2 Å². The maximum absolute atomic E-state index is 13.2. The van der Waals surface area contributed by atoms with Crippen LogP contribution in [0.5, 0.6) is 0 Å². The summed E-state index contributed by atoms with van der Waals surface area (Å²) in [6.07, 6.45) is -0.325. The molecule has 3 N–H and O–H groups in total. The quantitative estimate of drug-likeness (QED) is 0.0600. The first-order valence-electron chi connectivity index (χ1n) is 34.5. The van der Waals surface area contributed by atoms with Crippen LogP contribution >= 0.6 is 34.8 Å². The number of benzene rings is 3. The molecule has 0 radical (unpaired) electrons. The summed E-state index contributed by atoms with van der Waals surface area (Å²) >= 11 is 18.6. The second kappa shape index (κ2) is 31.5. The first-order chi connectivity index (χ1) is 49.0. The first-order valence-corrected chi connectivity index (χ1v) is 35.6. The number of fused-ring (bicyclic) bond motifs is 3. The summed E-state index contributed by atoms with van der Waals surface area (Å²) in [5.41, 5.74) is 16.7. The van der Waals surface area contributed by atoms with Gasteiger partial charge in [-0.2, -0.15) is 14.9 Å². The van der Waals surface area contributed by atoms with Crippen molar-refractivity contribution >= 4 is 91.9 Å². The van der Waals surface area contributed by atoms with Crippen molar-refractivity contribution in [2.24, 2.45) is 0 Å². The molecule has 8 aromatic heterocycles. The van der Waals surface area contributed by atoms with Crippen LogP contribution in [0.25, 0.3) is 66.5 Å². The van der Waals surface area contributed by atoms with Gasteiger partial charge in [-0.1, -0.05) is 71.2 Å². The van der Waals surface area contributed by atoms with Crippen LogP contribution in [-0.2, 0) is 55.9 Å². The van der Waals surface area contributed by atoms with Crippen LogP contribution in [0, 0.1) is 62.3 Å². The standard InChI is InChI=1S/C32H39ClN4O5.C26H29ClN4O3.C23H27ClN2O3/c1-18-20(3)36(17-23-15-16-37(35-23)30(39)42-32(7,8)9)28-24(18)26(21-11-13-22(33)14-12-21)25(19(2)34-28)27(29(38)40-10)41-31(4,5)6;1-14-16(3)31(13-19-11-12-28-30-19)24-20(14)22(17-7-9-18(27)10-8-17)21(15(2)29-24)23(25(32)33)34-26(4,5)6;1-12-13(2)25-21-17(12)19(15-8-10-16(24)11-9-15)18(14(3)26-21)20(22(27)28-7)29-23(4,5)6/h11-16,27H,17H2,1-10H3;7-12,23H,13H2,1-6H3,(H,28,30)(H,32,33);8-11,20H,1-7H3,(H,25,26)/t27-;23-;20-/m000/s1. The summed E-state index contributed by atoms with van der Waals surface area (Å²) in [4.78, 5) is 69.1. The van der Waals surface area contributed by atoms with Gasteiger partial charge in [0.25, 0.3) is 0 Å². The molecule has 24 heteroatoms. The van der Waals surface area contributed by atoms with Crippen LogP contribution < -0.4 is 0 Å². The highest BCUT2D eigenvalue weighted by molar-refractivity contribution is 6.31. The molecule has 8 heterocycles. The number of aromatic amines is 2.